The van der Waals surface area contributed by atoms with Crippen LogP contribution in [0.25, 0.3) is 0 Å². The number of carboxylic acids is 1. The van der Waals surface area contributed by atoms with Crippen molar-refractivity contribution >= 4 is 11.9 Å². The van der Waals surface area contributed by atoms with E-state index in [1.165, 1.54) is 23.1 Å². The smallest absolute Gasteiger partial charge is 0.354 e. The van der Waals surface area contributed by atoms with Crippen LogP contribution in [-0.4, -0.2) is 51.2 Å². The first kappa shape index (κ1) is 14.1. The predicted octanol–water partition coefficient (Wildman–Crippen LogP) is 0.623. The normalized spacial score (nSPS) is 10.4. The van der Waals surface area contributed by atoms with Crippen LogP contribution in [0.3, 0.4) is 0 Å². The molecule has 0 unspecified atom stereocenters. The molecule has 0 saturated heterocycles. The van der Waals surface area contributed by atoms with Crippen LogP contribution in [0, 0.1) is 0 Å². The summed E-state index contributed by atoms with van der Waals surface area (Å²) in [6, 6.07) is 4.16. The molecular formula is C12H16N2O4. The molecule has 98 valence electrons. The molecule has 1 rings (SSSR count). The molecule has 0 aliphatic carbocycles. The maximum absolute atomic E-state index is 12.1. The van der Waals surface area contributed by atoms with Gasteiger partial charge in [-0.25, -0.2) is 9.78 Å². The minimum atomic E-state index is -1.18. The third-order valence-electron chi connectivity index (χ3n) is 2.41. The fourth-order valence-electron chi connectivity index (χ4n) is 1.52. The third kappa shape index (κ3) is 3.27. The Bertz CT molecular complexity index is 445. The van der Waals surface area contributed by atoms with Crippen LogP contribution >= 0.6 is 0 Å². The van der Waals surface area contributed by atoms with Gasteiger partial charge in [-0.05, 0) is 26.0 Å². The lowest BCUT2D eigenvalue weighted by atomic mass is 10.2. The highest BCUT2D eigenvalue weighted by Gasteiger charge is 2.20. The van der Waals surface area contributed by atoms with Crippen molar-refractivity contribution in [1.82, 2.24) is 9.88 Å². The number of hydrogen-bond donors (Lipinski definition) is 2. The summed E-state index contributed by atoms with van der Waals surface area (Å²) in [6.07, 6.45) is 0. The van der Waals surface area contributed by atoms with Crippen molar-refractivity contribution < 1.29 is 19.8 Å². The Morgan fingerprint density at radius 1 is 1.33 bits per heavy atom. The number of rotatable bonds is 5. The fourth-order valence-corrected chi connectivity index (χ4v) is 1.52. The summed E-state index contributed by atoms with van der Waals surface area (Å²) in [4.78, 5) is 28.1. The van der Waals surface area contributed by atoms with Crippen LogP contribution in [0.1, 0.15) is 34.8 Å². The van der Waals surface area contributed by atoms with E-state index in [0.717, 1.165) is 0 Å². The molecule has 0 radical (unpaired) electrons. The van der Waals surface area contributed by atoms with E-state index in [9.17, 15) is 9.59 Å². The van der Waals surface area contributed by atoms with Crippen molar-refractivity contribution in [3.05, 3.63) is 29.6 Å². The SMILES string of the molecule is CC(C)N(CCO)C(=O)c1cccc(C(=O)O)n1. The summed E-state index contributed by atoms with van der Waals surface area (Å²) in [5.41, 5.74) is -0.106. The molecule has 6 nitrogen and oxygen atoms in total. The van der Waals surface area contributed by atoms with Gasteiger partial charge in [0.1, 0.15) is 11.4 Å². The van der Waals surface area contributed by atoms with Gasteiger partial charge in [-0.1, -0.05) is 6.07 Å². The van der Waals surface area contributed by atoms with Crippen molar-refractivity contribution in [3.8, 4) is 0 Å². The molecule has 0 aromatic carbocycles. The zero-order valence-corrected chi connectivity index (χ0v) is 10.3. The Kier molecular flexibility index (Phi) is 4.79. The van der Waals surface area contributed by atoms with Crippen molar-refractivity contribution in [3.63, 3.8) is 0 Å². The Labute approximate surface area is 105 Å². The number of pyridine rings is 1. The summed E-state index contributed by atoms with van der Waals surface area (Å²) in [5, 5.41) is 17.7. The molecule has 6 heteroatoms. The van der Waals surface area contributed by atoms with Gasteiger partial charge in [0.2, 0.25) is 0 Å². The second-order valence-corrected chi connectivity index (χ2v) is 4.03. The van der Waals surface area contributed by atoms with Gasteiger partial charge in [-0.2, -0.15) is 0 Å². The second kappa shape index (κ2) is 6.11. The number of nitrogens with zero attached hydrogens (tertiary/aromatic N) is 2. The first-order valence-electron chi connectivity index (χ1n) is 5.59. The minimum Gasteiger partial charge on any atom is -0.477 e. The number of carbonyl (C=O) groups excluding carboxylic acids is 1. The quantitative estimate of drug-likeness (QED) is 0.801. The van der Waals surface area contributed by atoms with Gasteiger partial charge in [-0.15, -0.1) is 0 Å². The first-order valence-corrected chi connectivity index (χ1v) is 5.59. The number of carboxylic acid groups (broad SMARTS) is 1. The first-order chi connectivity index (χ1) is 8.47. The van der Waals surface area contributed by atoms with Gasteiger partial charge in [-0.3, -0.25) is 4.79 Å². The van der Waals surface area contributed by atoms with E-state index < -0.39 is 5.97 Å². The van der Waals surface area contributed by atoms with Crippen LogP contribution < -0.4 is 0 Å². The van der Waals surface area contributed by atoms with E-state index in [1.54, 1.807) is 0 Å². The highest BCUT2D eigenvalue weighted by Crippen LogP contribution is 2.07. The van der Waals surface area contributed by atoms with E-state index >= 15 is 0 Å². The molecular weight excluding hydrogens is 236 g/mol. The maximum atomic E-state index is 12.1. The van der Waals surface area contributed by atoms with Crippen LogP contribution in [-0.2, 0) is 0 Å². The zero-order chi connectivity index (χ0) is 13.7. The van der Waals surface area contributed by atoms with Gasteiger partial charge in [0.05, 0.1) is 6.61 Å². The molecule has 0 bridgehead atoms. The lowest BCUT2D eigenvalue weighted by Crippen LogP contribution is -2.39. The standard InChI is InChI=1S/C12H16N2O4/c1-8(2)14(6-7-15)11(16)9-4-3-5-10(13-9)12(17)18/h3-5,8,15H,6-7H2,1-2H3,(H,17,18). The molecule has 0 fully saturated rings. The van der Waals surface area contributed by atoms with Gasteiger partial charge >= 0.3 is 5.97 Å². The van der Waals surface area contributed by atoms with Crippen molar-refractivity contribution in [2.45, 2.75) is 19.9 Å². The Hall–Kier alpha value is -1.95. The van der Waals surface area contributed by atoms with E-state index in [1.807, 2.05) is 13.8 Å². The molecule has 0 saturated carbocycles. The van der Waals surface area contributed by atoms with Crippen molar-refractivity contribution in [1.29, 1.82) is 0 Å². The number of carbonyl (C=O) groups is 2. The summed E-state index contributed by atoms with van der Waals surface area (Å²) in [5.74, 6) is -1.56. The van der Waals surface area contributed by atoms with Gasteiger partial charge in [0.15, 0.2) is 0 Å². The van der Waals surface area contributed by atoms with Crippen LogP contribution in [0.5, 0.6) is 0 Å². The molecule has 0 spiro atoms. The third-order valence-corrected chi connectivity index (χ3v) is 2.41. The van der Waals surface area contributed by atoms with Crippen LogP contribution in [0.2, 0.25) is 0 Å². The summed E-state index contributed by atoms with van der Waals surface area (Å²) < 4.78 is 0. The average Bonchev–Trinajstić information content (AvgIpc) is 2.35. The molecule has 0 aliphatic rings. The number of aliphatic hydroxyl groups excluding tert-OH is 1. The van der Waals surface area contributed by atoms with Crippen molar-refractivity contribution in [2.24, 2.45) is 0 Å². The van der Waals surface area contributed by atoms with E-state index in [0.29, 0.717) is 0 Å². The molecule has 1 aromatic rings. The lowest BCUT2D eigenvalue weighted by molar-refractivity contribution is 0.0657. The average molecular weight is 252 g/mol. The summed E-state index contributed by atoms with van der Waals surface area (Å²) in [7, 11) is 0. The molecule has 18 heavy (non-hydrogen) atoms. The number of aliphatic hydroxyl groups is 1. The zero-order valence-electron chi connectivity index (χ0n) is 10.3. The largest absolute Gasteiger partial charge is 0.477 e. The molecule has 1 amide bonds. The molecule has 0 atom stereocenters. The topological polar surface area (TPSA) is 90.7 Å². The van der Waals surface area contributed by atoms with E-state index in [2.05, 4.69) is 4.98 Å². The van der Waals surface area contributed by atoms with Crippen LogP contribution in [0.4, 0.5) is 0 Å². The number of aromatic nitrogens is 1. The van der Waals surface area contributed by atoms with Crippen LogP contribution in [0.15, 0.2) is 18.2 Å². The van der Waals surface area contributed by atoms with Crippen molar-refractivity contribution in [2.75, 3.05) is 13.2 Å². The van der Waals surface area contributed by atoms with Gasteiger partial charge < -0.3 is 15.1 Å². The number of amides is 1. The Balaban J connectivity index is 3.01. The number of aromatic carboxylic acids is 1. The monoisotopic (exact) mass is 252 g/mol. The minimum absolute atomic E-state index is 0.0667. The highest BCUT2D eigenvalue weighted by atomic mass is 16.4. The molecule has 2 N–H and O–H groups in total. The second-order valence-electron chi connectivity index (χ2n) is 4.03. The number of hydrogen-bond acceptors (Lipinski definition) is 4. The predicted molar refractivity (Wildman–Crippen MR) is 64.5 cm³/mol. The Morgan fingerprint density at radius 2 is 1.94 bits per heavy atom. The molecule has 1 aromatic heterocycles. The molecule has 0 aliphatic heterocycles. The molecule has 1 heterocycles. The summed E-state index contributed by atoms with van der Waals surface area (Å²) in [6.45, 7) is 3.67. The summed E-state index contributed by atoms with van der Waals surface area (Å²) >= 11 is 0. The van der Waals surface area contributed by atoms with E-state index in [4.69, 9.17) is 10.2 Å². The maximum Gasteiger partial charge on any atom is 0.354 e. The fraction of sp³-hybridized carbons (Fsp3) is 0.417. The van der Waals surface area contributed by atoms with E-state index in [-0.39, 0.29) is 36.5 Å². The van der Waals surface area contributed by atoms with Gasteiger partial charge in [0, 0.05) is 12.6 Å². The highest BCUT2D eigenvalue weighted by molar-refractivity contribution is 5.94. The lowest BCUT2D eigenvalue weighted by Gasteiger charge is -2.25. The van der Waals surface area contributed by atoms with Gasteiger partial charge in [0.25, 0.3) is 5.91 Å². The Morgan fingerprint density at radius 3 is 2.44 bits per heavy atom.